The van der Waals surface area contributed by atoms with Gasteiger partial charge in [-0.05, 0) is 30.3 Å². The SMILES string of the molecule is COc1cc(F)ccc1N1CCN(Cc2ccc3ccc(Cl)cc3n2)CC1. The van der Waals surface area contributed by atoms with Gasteiger partial charge in [0.1, 0.15) is 11.6 Å². The Labute approximate surface area is 163 Å². The molecule has 0 atom stereocenters. The van der Waals surface area contributed by atoms with Gasteiger partial charge in [-0.1, -0.05) is 23.7 Å². The van der Waals surface area contributed by atoms with Crippen LogP contribution in [-0.4, -0.2) is 43.2 Å². The highest BCUT2D eigenvalue weighted by Gasteiger charge is 2.20. The van der Waals surface area contributed by atoms with Gasteiger partial charge in [-0.2, -0.15) is 0 Å². The summed E-state index contributed by atoms with van der Waals surface area (Å²) in [6, 6.07) is 14.6. The van der Waals surface area contributed by atoms with E-state index in [4.69, 9.17) is 21.3 Å². The van der Waals surface area contributed by atoms with Gasteiger partial charge >= 0.3 is 0 Å². The van der Waals surface area contributed by atoms with Gasteiger partial charge in [-0.25, -0.2) is 4.39 Å². The fraction of sp³-hybridized carbons (Fsp3) is 0.286. The monoisotopic (exact) mass is 385 g/mol. The third kappa shape index (κ3) is 3.99. The predicted octanol–water partition coefficient (Wildman–Crippen LogP) is 4.36. The molecule has 0 N–H and O–H groups in total. The molecular weight excluding hydrogens is 365 g/mol. The Bertz CT molecular complexity index is 957. The number of nitrogens with zero attached hydrogens (tertiary/aromatic N) is 3. The second kappa shape index (κ2) is 7.71. The smallest absolute Gasteiger partial charge is 0.145 e. The zero-order valence-corrected chi connectivity index (χ0v) is 15.9. The van der Waals surface area contributed by atoms with E-state index in [0.717, 1.165) is 55.0 Å². The maximum absolute atomic E-state index is 13.4. The number of anilines is 1. The molecule has 2 heterocycles. The third-order valence-electron chi connectivity index (χ3n) is 4.95. The van der Waals surface area contributed by atoms with E-state index in [1.807, 2.05) is 18.2 Å². The number of hydrogen-bond acceptors (Lipinski definition) is 4. The molecule has 0 saturated carbocycles. The van der Waals surface area contributed by atoms with E-state index >= 15 is 0 Å². The Kier molecular flexibility index (Phi) is 5.14. The van der Waals surface area contributed by atoms with Crippen molar-refractivity contribution in [2.45, 2.75) is 6.54 Å². The van der Waals surface area contributed by atoms with E-state index < -0.39 is 0 Å². The second-order valence-corrected chi connectivity index (χ2v) is 7.16. The summed E-state index contributed by atoms with van der Waals surface area (Å²) in [5, 5.41) is 1.80. The summed E-state index contributed by atoms with van der Waals surface area (Å²) < 4.78 is 18.8. The molecule has 1 aliphatic rings. The minimum atomic E-state index is -0.281. The number of fused-ring (bicyclic) bond motifs is 1. The van der Waals surface area contributed by atoms with Gasteiger partial charge in [0.05, 0.1) is 24.0 Å². The lowest BCUT2D eigenvalue weighted by Crippen LogP contribution is -2.46. The highest BCUT2D eigenvalue weighted by molar-refractivity contribution is 6.31. The first-order chi connectivity index (χ1) is 13.1. The number of rotatable bonds is 4. The zero-order valence-electron chi connectivity index (χ0n) is 15.2. The molecule has 0 spiro atoms. The van der Waals surface area contributed by atoms with Crippen LogP contribution in [0.3, 0.4) is 0 Å². The van der Waals surface area contributed by atoms with Crippen molar-refractivity contribution in [3.63, 3.8) is 0 Å². The summed E-state index contributed by atoms with van der Waals surface area (Å²) in [4.78, 5) is 9.36. The first-order valence-electron chi connectivity index (χ1n) is 8.98. The standard InChI is InChI=1S/C21H21ClFN3O/c1-27-21-13-17(23)5-7-20(21)26-10-8-25(9-11-26)14-18-6-3-15-2-4-16(22)12-19(15)24-18/h2-7,12-13H,8-11,14H2,1H3. The van der Waals surface area contributed by atoms with Crippen molar-refractivity contribution in [3.8, 4) is 5.75 Å². The summed E-state index contributed by atoms with van der Waals surface area (Å²) in [5.74, 6) is 0.299. The molecular formula is C21H21ClFN3O. The maximum atomic E-state index is 13.4. The van der Waals surface area contributed by atoms with Crippen LogP contribution in [0.4, 0.5) is 10.1 Å². The fourth-order valence-electron chi connectivity index (χ4n) is 3.51. The Balaban J connectivity index is 1.42. The highest BCUT2D eigenvalue weighted by Crippen LogP contribution is 2.30. The molecule has 2 aromatic carbocycles. The summed E-state index contributed by atoms with van der Waals surface area (Å²) in [6.07, 6.45) is 0. The van der Waals surface area contributed by atoms with Gasteiger partial charge in [0.25, 0.3) is 0 Å². The van der Waals surface area contributed by atoms with Crippen LogP contribution in [0.25, 0.3) is 10.9 Å². The van der Waals surface area contributed by atoms with Gasteiger partial charge < -0.3 is 9.64 Å². The average molecular weight is 386 g/mol. The normalized spacial score (nSPS) is 15.3. The minimum Gasteiger partial charge on any atom is -0.494 e. The van der Waals surface area contributed by atoms with Crippen LogP contribution in [0.5, 0.6) is 5.75 Å². The van der Waals surface area contributed by atoms with Crippen molar-refractivity contribution >= 4 is 28.2 Å². The first-order valence-corrected chi connectivity index (χ1v) is 9.36. The molecule has 4 rings (SSSR count). The fourth-order valence-corrected chi connectivity index (χ4v) is 3.68. The highest BCUT2D eigenvalue weighted by atomic mass is 35.5. The van der Waals surface area contributed by atoms with Crippen LogP contribution in [0.15, 0.2) is 48.5 Å². The molecule has 0 amide bonds. The Hall–Kier alpha value is -2.37. The van der Waals surface area contributed by atoms with E-state index in [1.54, 1.807) is 13.2 Å². The Morgan fingerprint density at radius 2 is 1.81 bits per heavy atom. The number of pyridine rings is 1. The molecule has 4 nitrogen and oxygen atoms in total. The number of aromatic nitrogens is 1. The van der Waals surface area contributed by atoms with Crippen LogP contribution < -0.4 is 9.64 Å². The van der Waals surface area contributed by atoms with Crippen molar-refractivity contribution in [1.29, 1.82) is 0 Å². The van der Waals surface area contributed by atoms with Gasteiger partial charge in [-0.15, -0.1) is 0 Å². The molecule has 3 aromatic rings. The van der Waals surface area contributed by atoms with Crippen LogP contribution >= 0.6 is 11.6 Å². The summed E-state index contributed by atoms with van der Waals surface area (Å²) in [5.41, 5.74) is 2.91. The Morgan fingerprint density at radius 3 is 2.59 bits per heavy atom. The quantitative estimate of drug-likeness (QED) is 0.667. The second-order valence-electron chi connectivity index (χ2n) is 6.72. The van der Waals surface area contributed by atoms with Gasteiger partial charge in [0.2, 0.25) is 0 Å². The van der Waals surface area contributed by atoms with E-state index in [2.05, 4.69) is 21.9 Å². The lowest BCUT2D eigenvalue weighted by Gasteiger charge is -2.36. The maximum Gasteiger partial charge on any atom is 0.145 e. The molecule has 0 radical (unpaired) electrons. The molecule has 1 fully saturated rings. The number of benzene rings is 2. The molecule has 0 bridgehead atoms. The van der Waals surface area contributed by atoms with E-state index in [0.29, 0.717) is 10.8 Å². The number of piperazine rings is 1. The molecule has 0 unspecified atom stereocenters. The number of halogens is 2. The van der Waals surface area contributed by atoms with Gasteiger partial charge in [-0.3, -0.25) is 9.88 Å². The lowest BCUT2D eigenvalue weighted by atomic mass is 10.2. The minimum absolute atomic E-state index is 0.281. The average Bonchev–Trinajstić information content (AvgIpc) is 2.68. The number of hydrogen-bond donors (Lipinski definition) is 0. The van der Waals surface area contributed by atoms with Crippen molar-refractivity contribution in [2.24, 2.45) is 0 Å². The number of ether oxygens (including phenoxy) is 1. The first kappa shape index (κ1) is 18.0. The van der Waals surface area contributed by atoms with Gasteiger partial charge in [0, 0.05) is 49.2 Å². The molecule has 1 aromatic heterocycles. The van der Waals surface area contributed by atoms with Gasteiger partial charge in [0.15, 0.2) is 0 Å². The van der Waals surface area contributed by atoms with Crippen LogP contribution in [-0.2, 0) is 6.54 Å². The van der Waals surface area contributed by atoms with Crippen molar-refractivity contribution in [1.82, 2.24) is 9.88 Å². The van der Waals surface area contributed by atoms with Crippen LogP contribution in [0, 0.1) is 5.82 Å². The zero-order chi connectivity index (χ0) is 18.8. The molecule has 1 saturated heterocycles. The summed E-state index contributed by atoms with van der Waals surface area (Å²) in [6.45, 7) is 4.35. The number of methoxy groups -OCH3 is 1. The molecule has 0 aliphatic carbocycles. The Morgan fingerprint density at radius 1 is 1.04 bits per heavy atom. The van der Waals surface area contributed by atoms with E-state index in [-0.39, 0.29) is 5.82 Å². The molecule has 6 heteroatoms. The van der Waals surface area contributed by atoms with Crippen LogP contribution in [0.2, 0.25) is 5.02 Å². The summed E-state index contributed by atoms with van der Waals surface area (Å²) in [7, 11) is 1.58. The predicted molar refractivity (Wildman–Crippen MR) is 107 cm³/mol. The van der Waals surface area contributed by atoms with E-state index in [9.17, 15) is 4.39 Å². The van der Waals surface area contributed by atoms with Crippen molar-refractivity contribution < 1.29 is 9.13 Å². The molecule has 1 aliphatic heterocycles. The third-order valence-corrected chi connectivity index (χ3v) is 5.19. The molecule has 140 valence electrons. The summed E-state index contributed by atoms with van der Waals surface area (Å²) >= 11 is 6.08. The van der Waals surface area contributed by atoms with Crippen LogP contribution in [0.1, 0.15) is 5.69 Å². The lowest BCUT2D eigenvalue weighted by molar-refractivity contribution is 0.246. The van der Waals surface area contributed by atoms with Crippen molar-refractivity contribution in [2.75, 3.05) is 38.2 Å². The van der Waals surface area contributed by atoms with E-state index in [1.165, 1.54) is 12.1 Å². The largest absolute Gasteiger partial charge is 0.494 e. The topological polar surface area (TPSA) is 28.6 Å². The molecule has 27 heavy (non-hydrogen) atoms. The van der Waals surface area contributed by atoms with Crippen molar-refractivity contribution in [3.05, 3.63) is 65.1 Å².